The molecule has 0 aliphatic carbocycles. The fourth-order valence-corrected chi connectivity index (χ4v) is 6.13. The van der Waals surface area contributed by atoms with Gasteiger partial charge < -0.3 is 5.32 Å². The SMILES string of the molecule is Cc1cccc(S(=O)(=O)N2CCC[C@H]2c2nnc(C(=O)Nc3ccc(F)cc3F)s2)c1. The number of carbonyl (C=O) groups is 1. The van der Waals surface area contributed by atoms with Crippen LogP contribution in [0.4, 0.5) is 14.5 Å². The molecule has 1 aliphatic heterocycles. The molecule has 7 nitrogen and oxygen atoms in total. The van der Waals surface area contributed by atoms with Gasteiger partial charge in [0.25, 0.3) is 5.91 Å². The Morgan fingerprint density at radius 1 is 1.19 bits per heavy atom. The minimum absolute atomic E-state index is 0.0430. The second-order valence-electron chi connectivity index (χ2n) is 7.11. The fourth-order valence-electron chi connectivity index (χ4n) is 3.41. The monoisotopic (exact) mass is 464 g/mol. The van der Waals surface area contributed by atoms with Crippen molar-refractivity contribution in [3.63, 3.8) is 0 Å². The number of hydrogen-bond donors (Lipinski definition) is 1. The average molecular weight is 465 g/mol. The zero-order chi connectivity index (χ0) is 22.2. The van der Waals surface area contributed by atoms with Gasteiger partial charge in [-0.2, -0.15) is 4.31 Å². The zero-order valence-electron chi connectivity index (χ0n) is 16.4. The smallest absolute Gasteiger partial charge is 0.286 e. The number of halogens is 2. The van der Waals surface area contributed by atoms with Crippen LogP contribution in [0.25, 0.3) is 0 Å². The molecule has 1 aliphatic rings. The maximum atomic E-state index is 13.8. The van der Waals surface area contributed by atoms with Crippen LogP contribution < -0.4 is 5.32 Å². The van der Waals surface area contributed by atoms with Crippen molar-refractivity contribution in [2.75, 3.05) is 11.9 Å². The van der Waals surface area contributed by atoms with Crippen LogP contribution in [0, 0.1) is 18.6 Å². The van der Waals surface area contributed by atoms with Gasteiger partial charge in [0.15, 0.2) is 0 Å². The van der Waals surface area contributed by atoms with Gasteiger partial charge >= 0.3 is 0 Å². The van der Waals surface area contributed by atoms with Crippen molar-refractivity contribution in [2.24, 2.45) is 0 Å². The summed E-state index contributed by atoms with van der Waals surface area (Å²) in [4.78, 5) is 12.6. The first kappa shape index (κ1) is 21.5. The minimum atomic E-state index is -3.74. The molecule has 2 heterocycles. The molecule has 4 rings (SSSR count). The lowest BCUT2D eigenvalue weighted by Gasteiger charge is -2.22. The molecule has 2 aromatic carbocycles. The Morgan fingerprint density at radius 2 is 2.00 bits per heavy atom. The number of aryl methyl sites for hydroxylation is 1. The van der Waals surface area contributed by atoms with Crippen LogP contribution in [0.5, 0.6) is 0 Å². The summed E-state index contributed by atoms with van der Waals surface area (Å²) in [5.74, 6) is -2.38. The minimum Gasteiger partial charge on any atom is -0.317 e. The first-order valence-electron chi connectivity index (χ1n) is 9.44. The molecule has 0 unspecified atom stereocenters. The highest BCUT2D eigenvalue weighted by molar-refractivity contribution is 7.89. The predicted octanol–water partition coefficient (Wildman–Crippen LogP) is 3.90. The fraction of sp³-hybridized carbons (Fsp3) is 0.250. The summed E-state index contributed by atoms with van der Waals surface area (Å²) >= 11 is 0.948. The maximum absolute atomic E-state index is 13.8. The van der Waals surface area contributed by atoms with E-state index in [-0.39, 0.29) is 15.6 Å². The normalized spacial score (nSPS) is 17.1. The van der Waals surface area contributed by atoms with Crippen molar-refractivity contribution in [1.82, 2.24) is 14.5 Å². The lowest BCUT2D eigenvalue weighted by atomic mass is 10.2. The third-order valence-corrected chi connectivity index (χ3v) is 7.83. The second-order valence-corrected chi connectivity index (χ2v) is 10.0. The van der Waals surface area contributed by atoms with E-state index < -0.39 is 33.6 Å². The third kappa shape index (κ3) is 4.34. The molecular weight excluding hydrogens is 446 g/mol. The van der Waals surface area contributed by atoms with Crippen molar-refractivity contribution in [3.8, 4) is 0 Å². The quantitative estimate of drug-likeness (QED) is 0.618. The van der Waals surface area contributed by atoms with E-state index >= 15 is 0 Å². The van der Waals surface area contributed by atoms with E-state index in [0.29, 0.717) is 30.5 Å². The molecule has 1 fully saturated rings. The van der Waals surface area contributed by atoms with E-state index in [2.05, 4.69) is 15.5 Å². The number of rotatable bonds is 5. The number of anilines is 1. The number of aromatic nitrogens is 2. The average Bonchev–Trinajstić information content (AvgIpc) is 3.39. The Labute approximate surface area is 181 Å². The largest absolute Gasteiger partial charge is 0.317 e. The Kier molecular flexibility index (Phi) is 5.82. The van der Waals surface area contributed by atoms with Gasteiger partial charge in [-0.15, -0.1) is 10.2 Å². The van der Waals surface area contributed by atoms with Gasteiger partial charge in [-0.1, -0.05) is 23.5 Å². The van der Waals surface area contributed by atoms with Crippen molar-refractivity contribution in [1.29, 1.82) is 0 Å². The Balaban J connectivity index is 1.56. The van der Waals surface area contributed by atoms with Gasteiger partial charge in [0.2, 0.25) is 15.0 Å². The van der Waals surface area contributed by atoms with Crippen molar-refractivity contribution >= 4 is 33.0 Å². The number of carbonyl (C=O) groups excluding carboxylic acids is 1. The molecule has 0 radical (unpaired) electrons. The highest BCUT2D eigenvalue weighted by Gasteiger charge is 2.38. The zero-order valence-corrected chi connectivity index (χ0v) is 18.0. The van der Waals surface area contributed by atoms with Gasteiger partial charge in [-0.05, 0) is 49.6 Å². The van der Waals surface area contributed by atoms with E-state index in [1.165, 1.54) is 4.31 Å². The summed E-state index contributed by atoms with van der Waals surface area (Å²) in [5, 5.41) is 10.5. The standard InChI is InChI=1S/C20H18F2N4O3S2/c1-12-4-2-5-14(10-12)31(28,29)26-9-3-6-17(26)19-24-25-20(30-19)18(27)23-16-8-7-13(21)11-15(16)22/h2,4-5,7-8,10-11,17H,3,6,9H2,1H3,(H,23,27)/t17-/m0/s1. The topological polar surface area (TPSA) is 92.3 Å². The highest BCUT2D eigenvalue weighted by Crippen LogP contribution is 2.38. The van der Waals surface area contributed by atoms with Crippen LogP contribution in [0.2, 0.25) is 0 Å². The Bertz CT molecular complexity index is 1250. The summed E-state index contributed by atoms with van der Waals surface area (Å²) in [6.45, 7) is 2.16. The van der Waals surface area contributed by atoms with Crippen molar-refractivity contribution in [2.45, 2.75) is 30.7 Å². The summed E-state index contributed by atoms with van der Waals surface area (Å²) < 4.78 is 54.5. The summed E-state index contributed by atoms with van der Waals surface area (Å²) in [7, 11) is -3.74. The van der Waals surface area contributed by atoms with E-state index in [4.69, 9.17) is 0 Å². The lowest BCUT2D eigenvalue weighted by Crippen LogP contribution is -2.30. The maximum Gasteiger partial charge on any atom is 0.286 e. The first-order chi connectivity index (χ1) is 14.8. The van der Waals surface area contributed by atoms with Crippen LogP contribution in [-0.2, 0) is 10.0 Å². The van der Waals surface area contributed by atoms with E-state index in [0.717, 1.165) is 29.0 Å². The number of nitrogens with zero attached hydrogens (tertiary/aromatic N) is 3. The Morgan fingerprint density at radius 3 is 2.74 bits per heavy atom. The van der Waals surface area contributed by atoms with Crippen molar-refractivity contribution < 1.29 is 22.0 Å². The Hall–Kier alpha value is -2.76. The molecule has 0 saturated carbocycles. The molecular formula is C20H18F2N4O3S2. The molecule has 11 heteroatoms. The molecule has 0 spiro atoms. The van der Waals surface area contributed by atoms with Gasteiger partial charge in [0.1, 0.15) is 16.6 Å². The summed E-state index contributed by atoms with van der Waals surface area (Å²) in [5.41, 5.74) is 0.646. The van der Waals surface area contributed by atoms with Gasteiger partial charge in [0.05, 0.1) is 16.6 Å². The van der Waals surface area contributed by atoms with Crippen LogP contribution in [-0.4, -0.2) is 35.4 Å². The van der Waals surface area contributed by atoms with Crippen LogP contribution >= 0.6 is 11.3 Å². The molecule has 162 valence electrons. The molecule has 1 amide bonds. The van der Waals surface area contributed by atoms with E-state index in [1.807, 2.05) is 13.0 Å². The number of sulfonamides is 1. The molecule has 1 saturated heterocycles. The molecule has 0 bridgehead atoms. The van der Waals surface area contributed by atoms with Gasteiger partial charge in [-0.3, -0.25) is 4.79 Å². The molecule has 1 aromatic heterocycles. The molecule has 3 aromatic rings. The predicted molar refractivity (Wildman–Crippen MR) is 111 cm³/mol. The van der Waals surface area contributed by atoms with Crippen molar-refractivity contribution in [3.05, 3.63) is 69.7 Å². The number of hydrogen-bond acceptors (Lipinski definition) is 6. The van der Waals surface area contributed by atoms with Crippen LogP contribution in [0.3, 0.4) is 0 Å². The highest BCUT2D eigenvalue weighted by atomic mass is 32.2. The number of amides is 1. The van der Waals surface area contributed by atoms with Crippen LogP contribution in [0.1, 0.15) is 39.3 Å². The van der Waals surface area contributed by atoms with Crippen LogP contribution in [0.15, 0.2) is 47.4 Å². The lowest BCUT2D eigenvalue weighted by molar-refractivity contribution is 0.102. The molecule has 1 atom stereocenters. The van der Waals surface area contributed by atoms with Gasteiger partial charge in [-0.25, -0.2) is 17.2 Å². The van der Waals surface area contributed by atoms with Gasteiger partial charge in [0, 0.05) is 12.6 Å². The number of nitrogens with one attached hydrogen (secondary N) is 1. The first-order valence-corrected chi connectivity index (χ1v) is 11.7. The summed E-state index contributed by atoms with van der Waals surface area (Å²) in [6.07, 6.45) is 1.20. The number of benzene rings is 2. The molecule has 1 N–H and O–H groups in total. The third-order valence-electron chi connectivity index (χ3n) is 4.90. The summed E-state index contributed by atoms with van der Waals surface area (Å²) in [6, 6.07) is 8.93. The van der Waals surface area contributed by atoms with E-state index in [1.54, 1.807) is 18.2 Å². The second kappa shape index (κ2) is 8.40. The molecule has 31 heavy (non-hydrogen) atoms. The van der Waals surface area contributed by atoms with E-state index in [9.17, 15) is 22.0 Å².